The van der Waals surface area contributed by atoms with Crippen molar-refractivity contribution in [2.24, 2.45) is 0 Å². The Bertz CT molecular complexity index is 1270. The Kier molecular flexibility index (Phi) is 5.78. The minimum atomic E-state index is -0.351. The number of hydrogen-bond acceptors (Lipinski definition) is 8. The van der Waals surface area contributed by atoms with E-state index in [0.717, 1.165) is 31.9 Å². The van der Waals surface area contributed by atoms with Gasteiger partial charge in [0, 0.05) is 44.0 Å². The number of pyridine rings is 2. The average molecular weight is 439 g/mol. The van der Waals surface area contributed by atoms with E-state index in [1.807, 2.05) is 6.07 Å². The number of nitrogens with zero attached hydrogens (tertiary/aromatic N) is 5. The second-order valence-electron chi connectivity index (χ2n) is 6.76. The first-order valence-electron chi connectivity index (χ1n) is 9.42. The second-order valence-corrected chi connectivity index (χ2v) is 7.59. The molecule has 5 rings (SSSR count). The number of aromatic amines is 1. The number of nitrogens with one attached hydrogen (secondary N) is 3. The van der Waals surface area contributed by atoms with Gasteiger partial charge in [-0.1, -0.05) is 7.43 Å². The third kappa shape index (κ3) is 3.92. The smallest absolute Gasteiger partial charge is 0.332 e. The Morgan fingerprint density at radius 2 is 1.90 bits per heavy atom. The van der Waals surface area contributed by atoms with E-state index >= 15 is 0 Å². The number of aromatic nitrogens is 5. The zero-order chi connectivity index (χ0) is 20.5. The maximum Gasteiger partial charge on any atom is 0.332 e. The Hall–Kier alpha value is -3.57. The fourth-order valence-electron chi connectivity index (χ4n) is 3.47. The summed E-state index contributed by atoms with van der Waals surface area (Å²) in [5.74, 6) is -0.351. The summed E-state index contributed by atoms with van der Waals surface area (Å²) >= 11 is 1.22. The lowest BCUT2D eigenvalue weighted by atomic mass is 10.2. The minimum Gasteiger partial charge on any atom is -0.367 e. The molecule has 0 atom stereocenters. The highest BCUT2D eigenvalue weighted by atomic mass is 32.1. The summed E-state index contributed by atoms with van der Waals surface area (Å²) in [5, 5.41) is 8.28. The van der Waals surface area contributed by atoms with Gasteiger partial charge in [-0.2, -0.15) is 0 Å². The maximum atomic E-state index is 12.8. The fourth-order valence-corrected chi connectivity index (χ4v) is 4.29. The van der Waals surface area contributed by atoms with Crippen LogP contribution in [0.1, 0.15) is 17.9 Å². The van der Waals surface area contributed by atoms with Crippen LogP contribution in [0.25, 0.3) is 16.2 Å². The van der Waals surface area contributed by atoms with Crippen molar-refractivity contribution in [2.75, 3.05) is 36.4 Å². The first kappa shape index (κ1) is 20.7. The molecule has 31 heavy (non-hydrogen) atoms. The molecule has 10 nitrogen and oxygen atoms in total. The number of thiazole rings is 1. The maximum absolute atomic E-state index is 12.8. The number of anilines is 2. The van der Waals surface area contributed by atoms with Gasteiger partial charge in [0.25, 0.3) is 5.91 Å². The highest BCUT2D eigenvalue weighted by Crippen LogP contribution is 2.26. The summed E-state index contributed by atoms with van der Waals surface area (Å²) in [6.45, 7) is 3.48. The summed E-state index contributed by atoms with van der Waals surface area (Å²) in [4.78, 5) is 42.7. The summed E-state index contributed by atoms with van der Waals surface area (Å²) in [6, 6.07) is 3.62. The zero-order valence-corrected chi connectivity index (χ0v) is 16.6. The predicted octanol–water partition coefficient (Wildman–Crippen LogP) is 1.86. The Balaban J connectivity index is 0.00000231. The molecule has 4 aromatic heterocycles. The van der Waals surface area contributed by atoms with E-state index in [1.54, 1.807) is 36.2 Å². The number of piperazine rings is 1. The number of carbonyl (C=O) groups is 1. The Morgan fingerprint density at radius 3 is 2.74 bits per heavy atom. The van der Waals surface area contributed by atoms with Gasteiger partial charge in [0.05, 0.1) is 34.8 Å². The van der Waals surface area contributed by atoms with Crippen molar-refractivity contribution in [2.45, 2.75) is 7.43 Å². The van der Waals surface area contributed by atoms with E-state index in [9.17, 15) is 9.59 Å². The molecule has 0 bridgehead atoms. The van der Waals surface area contributed by atoms with Gasteiger partial charge in [0.15, 0.2) is 5.13 Å². The molecule has 0 spiro atoms. The van der Waals surface area contributed by atoms with Crippen LogP contribution in [-0.2, 0) is 0 Å². The van der Waals surface area contributed by atoms with Crippen molar-refractivity contribution in [3.8, 4) is 5.13 Å². The molecule has 1 saturated heterocycles. The van der Waals surface area contributed by atoms with Gasteiger partial charge in [0.1, 0.15) is 5.69 Å². The van der Waals surface area contributed by atoms with Crippen LogP contribution in [0.15, 0.2) is 47.1 Å². The van der Waals surface area contributed by atoms with Crippen LogP contribution < -0.4 is 21.2 Å². The van der Waals surface area contributed by atoms with Crippen LogP contribution in [0.2, 0.25) is 0 Å². The van der Waals surface area contributed by atoms with Crippen molar-refractivity contribution < 1.29 is 4.79 Å². The lowest BCUT2D eigenvalue weighted by Gasteiger charge is -2.30. The molecule has 4 aromatic rings. The highest BCUT2D eigenvalue weighted by Gasteiger charge is 2.19. The number of rotatable bonds is 4. The summed E-state index contributed by atoms with van der Waals surface area (Å²) in [6.07, 6.45) is 6.54. The number of carbonyl (C=O) groups excluding carboxylic acids is 1. The molecule has 5 heterocycles. The number of amides is 1. The standard InChI is InChI=1S/C19H18N8O2S.CH4/c28-17(23-12-9-21-3-1-15(12)26-7-5-20-6-8-26)14-11-30-19(25-14)27-16-2-4-22-10-13(16)24-18(27)29;/h1-4,9-11,20H,5-8H2,(H,23,28)(H,24,29);1H4. The van der Waals surface area contributed by atoms with Gasteiger partial charge < -0.3 is 20.5 Å². The Labute approximate surface area is 182 Å². The minimum absolute atomic E-state index is 0. The summed E-state index contributed by atoms with van der Waals surface area (Å²) in [7, 11) is 0. The second kappa shape index (κ2) is 8.66. The molecule has 11 heteroatoms. The first-order chi connectivity index (χ1) is 14.7. The van der Waals surface area contributed by atoms with Crippen LogP contribution in [0.5, 0.6) is 0 Å². The SMILES string of the molecule is C.O=C(Nc1cnccc1N1CCNCC1)c1csc(-n2c(=O)[nH]c3cnccc32)n1. The van der Waals surface area contributed by atoms with Crippen LogP contribution in [0.4, 0.5) is 11.4 Å². The van der Waals surface area contributed by atoms with Crippen LogP contribution >= 0.6 is 11.3 Å². The van der Waals surface area contributed by atoms with Gasteiger partial charge in [-0.15, -0.1) is 11.3 Å². The van der Waals surface area contributed by atoms with Crippen LogP contribution in [-0.4, -0.2) is 56.6 Å². The van der Waals surface area contributed by atoms with Crippen LogP contribution in [0, 0.1) is 0 Å². The molecule has 0 saturated carbocycles. The van der Waals surface area contributed by atoms with E-state index in [-0.39, 0.29) is 24.7 Å². The third-order valence-corrected chi connectivity index (χ3v) is 5.73. The van der Waals surface area contributed by atoms with E-state index in [0.29, 0.717) is 21.9 Å². The number of hydrogen-bond donors (Lipinski definition) is 3. The number of imidazole rings is 1. The van der Waals surface area contributed by atoms with Crippen molar-refractivity contribution in [3.63, 3.8) is 0 Å². The van der Waals surface area contributed by atoms with E-state index in [4.69, 9.17) is 0 Å². The molecule has 1 amide bonds. The summed E-state index contributed by atoms with van der Waals surface area (Å²) in [5.41, 5.74) is 2.74. The van der Waals surface area contributed by atoms with Crippen molar-refractivity contribution >= 4 is 39.7 Å². The molecule has 3 N–H and O–H groups in total. The lowest BCUT2D eigenvalue weighted by Crippen LogP contribution is -2.43. The number of H-pyrrole nitrogens is 1. The zero-order valence-electron chi connectivity index (χ0n) is 15.8. The molecule has 0 aromatic carbocycles. The molecule has 1 fully saturated rings. The molecular formula is C20H22N8O2S. The molecule has 0 aliphatic carbocycles. The van der Waals surface area contributed by atoms with E-state index in [1.165, 1.54) is 15.9 Å². The lowest BCUT2D eigenvalue weighted by molar-refractivity contribution is 0.102. The molecule has 0 radical (unpaired) electrons. The van der Waals surface area contributed by atoms with Crippen molar-refractivity contribution in [1.29, 1.82) is 0 Å². The first-order valence-corrected chi connectivity index (χ1v) is 10.3. The van der Waals surface area contributed by atoms with Crippen molar-refractivity contribution in [1.82, 2.24) is 29.8 Å². The highest BCUT2D eigenvalue weighted by molar-refractivity contribution is 7.12. The largest absolute Gasteiger partial charge is 0.367 e. The topological polar surface area (TPSA) is 121 Å². The summed E-state index contributed by atoms with van der Waals surface area (Å²) < 4.78 is 1.44. The third-order valence-electron chi connectivity index (χ3n) is 4.90. The quantitative estimate of drug-likeness (QED) is 0.445. The molecule has 1 aliphatic heterocycles. The normalized spacial score (nSPS) is 13.7. The van der Waals surface area contributed by atoms with Gasteiger partial charge in [0.2, 0.25) is 0 Å². The average Bonchev–Trinajstić information content (AvgIpc) is 3.38. The van der Waals surface area contributed by atoms with Crippen molar-refractivity contribution in [3.05, 3.63) is 58.5 Å². The van der Waals surface area contributed by atoms with E-state index < -0.39 is 0 Å². The number of fused-ring (bicyclic) bond motifs is 1. The fraction of sp³-hybridized carbons (Fsp3) is 0.250. The van der Waals surface area contributed by atoms with Gasteiger partial charge in [-0.3, -0.25) is 14.8 Å². The molecule has 160 valence electrons. The molecule has 0 unspecified atom stereocenters. The van der Waals surface area contributed by atoms with E-state index in [2.05, 4.69) is 35.5 Å². The predicted molar refractivity (Wildman–Crippen MR) is 121 cm³/mol. The van der Waals surface area contributed by atoms with Gasteiger partial charge in [-0.05, 0) is 12.1 Å². The monoisotopic (exact) mass is 438 g/mol. The van der Waals surface area contributed by atoms with Gasteiger partial charge >= 0.3 is 5.69 Å². The Morgan fingerprint density at radius 1 is 1.13 bits per heavy atom. The van der Waals surface area contributed by atoms with Gasteiger partial charge in [-0.25, -0.2) is 14.3 Å². The van der Waals surface area contributed by atoms with Crippen LogP contribution in [0.3, 0.4) is 0 Å². The molecular weight excluding hydrogens is 416 g/mol. The molecule has 1 aliphatic rings.